The molecule has 2 rings (SSSR count). The molecule has 1 aliphatic heterocycles. The second kappa shape index (κ2) is 4.63. The fraction of sp³-hybridized carbons (Fsp3) is 0.444. The van der Waals surface area contributed by atoms with Crippen LogP contribution in [0.5, 0.6) is 0 Å². The number of nitrogens with one attached hydrogen (secondary N) is 1. The molecule has 1 aromatic rings. The van der Waals surface area contributed by atoms with E-state index in [4.69, 9.17) is 16.7 Å². The number of carboxylic acid groups (broad SMARTS) is 1. The van der Waals surface area contributed by atoms with Gasteiger partial charge >= 0.3 is 5.97 Å². The lowest BCUT2D eigenvalue weighted by Gasteiger charge is -2.31. The van der Waals surface area contributed by atoms with Gasteiger partial charge in [-0.3, -0.25) is 4.79 Å². The Labute approximate surface area is 97.3 Å². The zero-order valence-corrected chi connectivity index (χ0v) is 9.18. The van der Waals surface area contributed by atoms with Crippen molar-refractivity contribution in [3.8, 4) is 0 Å². The minimum absolute atomic E-state index is 0.358. The van der Waals surface area contributed by atoms with E-state index in [2.05, 4.69) is 15.3 Å². The standard InChI is InChI=1S/C9H11ClN4O2/c10-6-3-12-9(13-4-6)14-2-1-11-7(5-14)8(15)16/h3-4,7,11H,1-2,5H2,(H,15,16). The maximum atomic E-state index is 10.8. The number of anilines is 1. The minimum Gasteiger partial charge on any atom is -0.480 e. The van der Waals surface area contributed by atoms with E-state index in [-0.39, 0.29) is 0 Å². The number of halogens is 1. The number of carboxylic acids is 1. The lowest BCUT2D eigenvalue weighted by Crippen LogP contribution is -2.54. The van der Waals surface area contributed by atoms with E-state index in [1.165, 1.54) is 12.4 Å². The Bertz CT molecular complexity index is 384. The molecule has 6 nitrogen and oxygen atoms in total. The van der Waals surface area contributed by atoms with Crippen LogP contribution in [0.3, 0.4) is 0 Å². The van der Waals surface area contributed by atoms with Crippen LogP contribution >= 0.6 is 11.6 Å². The highest BCUT2D eigenvalue weighted by Crippen LogP contribution is 2.12. The highest BCUT2D eigenvalue weighted by molar-refractivity contribution is 6.30. The molecule has 1 aromatic heterocycles. The van der Waals surface area contributed by atoms with Crippen LogP contribution in [0.15, 0.2) is 12.4 Å². The first-order valence-electron chi connectivity index (χ1n) is 4.85. The Morgan fingerprint density at radius 2 is 2.25 bits per heavy atom. The first-order valence-corrected chi connectivity index (χ1v) is 5.23. The summed E-state index contributed by atoms with van der Waals surface area (Å²) in [5.41, 5.74) is 0. The summed E-state index contributed by atoms with van der Waals surface area (Å²) < 4.78 is 0. The van der Waals surface area contributed by atoms with Crippen molar-refractivity contribution >= 4 is 23.5 Å². The Kier molecular flexibility index (Phi) is 3.21. The van der Waals surface area contributed by atoms with Crippen LogP contribution in [-0.2, 0) is 4.79 Å². The van der Waals surface area contributed by atoms with E-state index in [0.717, 1.165) is 0 Å². The molecular weight excluding hydrogens is 232 g/mol. The van der Waals surface area contributed by atoms with Gasteiger partial charge in [-0.15, -0.1) is 0 Å². The highest BCUT2D eigenvalue weighted by Gasteiger charge is 2.25. The summed E-state index contributed by atoms with van der Waals surface area (Å²) in [6.07, 6.45) is 3.00. The number of piperazine rings is 1. The van der Waals surface area contributed by atoms with Crippen molar-refractivity contribution in [1.82, 2.24) is 15.3 Å². The van der Waals surface area contributed by atoms with Crippen LogP contribution in [0, 0.1) is 0 Å². The molecule has 86 valence electrons. The molecule has 1 aliphatic rings. The van der Waals surface area contributed by atoms with Gasteiger partial charge in [-0.1, -0.05) is 11.6 Å². The Morgan fingerprint density at radius 3 is 2.88 bits per heavy atom. The van der Waals surface area contributed by atoms with Gasteiger partial charge in [0.25, 0.3) is 0 Å². The molecule has 0 spiro atoms. The molecule has 0 bridgehead atoms. The molecule has 1 fully saturated rings. The average molecular weight is 243 g/mol. The van der Waals surface area contributed by atoms with Crippen molar-refractivity contribution in [1.29, 1.82) is 0 Å². The van der Waals surface area contributed by atoms with Crippen molar-refractivity contribution in [3.05, 3.63) is 17.4 Å². The molecule has 0 aromatic carbocycles. The summed E-state index contributed by atoms with van der Waals surface area (Å²) in [6.45, 7) is 1.64. The maximum absolute atomic E-state index is 10.8. The SMILES string of the molecule is O=C(O)C1CN(c2ncc(Cl)cn2)CCN1. The number of aliphatic carboxylic acids is 1. The molecule has 0 saturated carbocycles. The summed E-state index contributed by atoms with van der Waals surface area (Å²) in [5.74, 6) is -0.351. The second-order valence-corrected chi connectivity index (χ2v) is 3.93. The number of aromatic nitrogens is 2. The van der Waals surface area contributed by atoms with Crippen LogP contribution in [0.2, 0.25) is 5.02 Å². The largest absolute Gasteiger partial charge is 0.480 e. The van der Waals surface area contributed by atoms with E-state index in [1.807, 2.05) is 4.90 Å². The van der Waals surface area contributed by atoms with Crippen molar-refractivity contribution < 1.29 is 9.90 Å². The Hall–Kier alpha value is -1.40. The van der Waals surface area contributed by atoms with E-state index in [1.54, 1.807) is 0 Å². The molecule has 16 heavy (non-hydrogen) atoms. The smallest absolute Gasteiger partial charge is 0.322 e. The predicted octanol–water partition coefficient (Wildman–Crippen LogP) is -0.00720. The van der Waals surface area contributed by atoms with Gasteiger partial charge in [-0.25, -0.2) is 9.97 Å². The molecule has 0 radical (unpaired) electrons. The number of carbonyl (C=O) groups is 1. The third-order valence-electron chi connectivity index (χ3n) is 2.36. The first-order chi connectivity index (χ1) is 7.66. The summed E-state index contributed by atoms with van der Waals surface area (Å²) in [7, 11) is 0. The fourth-order valence-corrected chi connectivity index (χ4v) is 1.66. The van der Waals surface area contributed by atoms with Gasteiger partial charge in [0.2, 0.25) is 5.95 Å². The molecule has 0 aliphatic carbocycles. The van der Waals surface area contributed by atoms with Crippen molar-refractivity contribution in [2.75, 3.05) is 24.5 Å². The van der Waals surface area contributed by atoms with Gasteiger partial charge < -0.3 is 15.3 Å². The van der Waals surface area contributed by atoms with E-state index < -0.39 is 12.0 Å². The van der Waals surface area contributed by atoms with E-state index in [9.17, 15) is 4.79 Å². The molecule has 2 heterocycles. The van der Waals surface area contributed by atoms with E-state index in [0.29, 0.717) is 30.6 Å². The molecule has 1 unspecified atom stereocenters. The third-order valence-corrected chi connectivity index (χ3v) is 2.56. The summed E-state index contributed by atoms with van der Waals surface area (Å²) >= 11 is 5.68. The third kappa shape index (κ3) is 2.40. The quantitative estimate of drug-likeness (QED) is 0.760. The minimum atomic E-state index is -0.862. The predicted molar refractivity (Wildman–Crippen MR) is 58.7 cm³/mol. The van der Waals surface area contributed by atoms with Crippen LogP contribution in [0.1, 0.15) is 0 Å². The highest BCUT2D eigenvalue weighted by atomic mass is 35.5. The monoisotopic (exact) mass is 242 g/mol. The van der Waals surface area contributed by atoms with Gasteiger partial charge in [0, 0.05) is 19.6 Å². The number of rotatable bonds is 2. The van der Waals surface area contributed by atoms with Gasteiger partial charge in [0.05, 0.1) is 17.4 Å². The second-order valence-electron chi connectivity index (χ2n) is 3.49. The average Bonchev–Trinajstić information content (AvgIpc) is 2.30. The fourth-order valence-electron chi connectivity index (χ4n) is 1.57. The number of hydrogen-bond donors (Lipinski definition) is 2. The van der Waals surface area contributed by atoms with Crippen molar-refractivity contribution in [2.24, 2.45) is 0 Å². The summed E-state index contributed by atoms with van der Waals surface area (Å²) in [4.78, 5) is 20.8. The van der Waals surface area contributed by atoms with Gasteiger partial charge in [0.1, 0.15) is 6.04 Å². The van der Waals surface area contributed by atoms with E-state index >= 15 is 0 Å². The van der Waals surface area contributed by atoms with Gasteiger partial charge in [-0.2, -0.15) is 0 Å². The summed E-state index contributed by atoms with van der Waals surface area (Å²) in [5, 5.41) is 12.3. The van der Waals surface area contributed by atoms with Crippen LogP contribution in [-0.4, -0.2) is 46.7 Å². The molecule has 1 saturated heterocycles. The lowest BCUT2D eigenvalue weighted by atomic mass is 10.2. The Morgan fingerprint density at radius 1 is 1.56 bits per heavy atom. The topological polar surface area (TPSA) is 78.3 Å². The molecule has 0 amide bonds. The zero-order valence-electron chi connectivity index (χ0n) is 8.43. The maximum Gasteiger partial charge on any atom is 0.322 e. The van der Waals surface area contributed by atoms with Gasteiger partial charge in [0.15, 0.2) is 0 Å². The van der Waals surface area contributed by atoms with Crippen molar-refractivity contribution in [2.45, 2.75) is 6.04 Å². The molecule has 2 N–H and O–H groups in total. The van der Waals surface area contributed by atoms with Crippen LogP contribution in [0.25, 0.3) is 0 Å². The Balaban J connectivity index is 2.09. The van der Waals surface area contributed by atoms with Crippen molar-refractivity contribution in [3.63, 3.8) is 0 Å². The molecule has 1 atom stereocenters. The lowest BCUT2D eigenvalue weighted by molar-refractivity contribution is -0.139. The summed E-state index contributed by atoms with van der Waals surface area (Å²) in [6, 6.07) is -0.576. The van der Waals surface area contributed by atoms with Crippen LogP contribution in [0.4, 0.5) is 5.95 Å². The normalized spacial score (nSPS) is 20.8. The van der Waals surface area contributed by atoms with Gasteiger partial charge in [-0.05, 0) is 0 Å². The number of nitrogens with zero attached hydrogens (tertiary/aromatic N) is 3. The molecule has 7 heteroatoms. The van der Waals surface area contributed by atoms with Crippen LogP contribution < -0.4 is 10.2 Å². The zero-order chi connectivity index (χ0) is 11.5. The molecular formula is C9H11ClN4O2. The number of hydrogen-bond acceptors (Lipinski definition) is 5. The first kappa shape index (κ1) is 11.1.